The van der Waals surface area contributed by atoms with Crippen LogP contribution in [0.15, 0.2) is 48.7 Å². The van der Waals surface area contributed by atoms with E-state index in [0.717, 1.165) is 47.4 Å². The number of imidazole rings is 1. The molecule has 3 heterocycles. The molecule has 134 valence electrons. The molecule has 3 nitrogen and oxygen atoms in total. The Labute approximate surface area is 155 Å². The maximum atomic E-state index is 14.7. The second-order valence-electron chi connectivity index (χ2n) is 6.97. The summed E-state index contributed by atoms with van der Waals surface area (Å²) in [5.74, 6) is 0.0502. The van der Waals surface area contributed by atoms with Crippen LogP contribution >= 0.6 is 0 Å². The fourth-order valence-electron chi connectivity index (χ4n) is 3.86. The van der Waals surface area contributed by atoms with Gasteiger partial charge in [-0.1, -0.05) is 12.1 Å². The van der Waals surface area contributed by atoms with E-state index >= 15 is 0 Å². The molecular weight excluding hydrogens is 344 g/mol. The zero-order chi connectivity index (χ0) is 18.5. The highest BCUT2D eigenvalue weighted by molar-refractivity contribution is 5.87. The van der Waals surface area contributed by atoms with Crippen LogP contribution in [0.25, 0.3) is 33.4 Å². The first-order valence-corrected chi connectivity index (χ1v) is 9.02. The number of rotatable bonds is 2. The number of pyridine rings is 1. The van der Waals surface area contributed by atoms with E-state index in [0.29, 0.717) is 11.3 Å². The monoisotopic (exact) mass is 361 g/mol. The molecule has 2 aromatic carbocycles. The maximum Gasteiger partial charge on any atom is 0.133 e. The summed E-state index contributed by atoms with van der Waals surface area (Å²) in [6.07, 6.45) is 3.61. The van der Waals surface area contributed by atoms with Crippen molar-refractivity contribution < 1.29 is 8.78 Å². The van der Waals surface area contributed by atoms with Gasteiger partial charge in [0, 0.05) is 35.7 Å². The van der Waals surface area contributed by atoms with Gasteiger partial charge in [0.15, 0.2) is 0 Å². The number of halogens is 2. The van der Waals surface area contributed by atoms with Gasteiger partial charge in [-0.05, 0) is 49.2 Å². The topological polar surface area (TPSA) is 30.7 Å². The lowest BCUT2D eigenvalue weighted by Crippen LogP contribution is -1.98. The molecule has 0 fully saturated rings. The predicted molar refractivity (Wildman–Crippen MR) is 101 cm³/mol. The Balaban J connectivity index is 1.78. The van der Waals surface area contributed by atoms with Crippen LogP contribution < -0.4 is 0 Å². The Morgan fingerprint density at radius 2 is 1.93 bits per heavy atom. The van der Waals surface area contributed by atoms with E-state index in [-0.39, 0.29) is 5.56 Å². The van der Waals surface area contributed by atoms with E-state index in [1.165, 1.54) is 12.1 Å². The van der Waals surface area contributed by atoms with Crippen LogP contribution in [0.2, 0.25) is 0 Å². The summed E-state index contributed by atoms with van der Waals surface area (Å²) in [4.78, 5) is 9.05. The van der Waals surface area contributed by atoms with Gasteiger partial charge in [0.1, 0.15) is 17.5 Å². The lowest BCUT2D eigenvalue weighted by Gasteiger charge is -2.11. The molecule has 5 rings (SSSR count). The molecule has 4 aromatic rings. The zero-order valence-corrected chi connectivity index (χ0v) is 14.8. The molecular formula is C22H17F2N3. The smallest absolute Gasteiger partial charge is 0.133 e. The number of benzene rings is 2. The number of nitrogens with zero attached hydrogens (tertiary/aromatic N) is 3. The molecule has 0 N–H and O–H groups in total. The molecule has 0 atom stereocenters. The van der Waals surface area contributed by atoms with Crippen LogP contribution in [0.1, 0.15) is 17.8 Å². The Kier molecular flexibility index (Phi) is 3.57. The molecule has 0 spiro atoms. The van der Waals surface area contributed by atoms with Crippen LogP contribution in [0.4, 0.5) is 8.78 Å². The summed E-state index contributed by atoms with van der Waals surface area (Å²) < 4.78 is 31.0. The molecule has 2 aromatic heterocycles. The third kappa shape index (κ3) is 2.53. The minimum atomic E-state index is -0.450. The summed E-state index contributed by atoms with van der Waals surface area (Å²) in [6, 6.07) is 12.4. The highest BCUT2D eigenvalue weighted by Crippen LogP contribution is 2.38. The fraction of sp³-hybridized carbons (Fsp3) is 0.182. The summed E-state index contributed by atoms with van der Waals surface area (Å²) in [7, 11) is 0. The van der Waals surface area contributed by atoms with Gasteiger partial charge in [-0.15, -0.1) is 0 Å². The average molecular weight is 361 g/mol. The van der Waals surface area contributed by atoms with Crippen molar-refractivity contribution in [3.05, 3.63) is 71.7 Å². The molecule has 0 bridgehead atoms. The van der Waals surface area contributed by atoms with Crippen molar-refractivity contribution in [2.45, 2.75) is 26.3 Å². The van der Waals surface area contributed by atoms with Gasteiger partial charge in [0.2, 0.25) is 0 Å². The molecule has 1 aliphatic heterocycles. The number of hydrogen-bond acceptors (Lipinski definition) is 2. The molecule has 0 radical (unpaired) electrons. The van der Waals surface area contributed by atoms with Gasteiger partial charge in [-0.2, -0.15) is 0 Å². The van der Waals surface area contributed by atoms with Gasteiger partial charge in [-0.3, -0.25) is 4.98 Å². The SMILES string of the molecule is Cc1cc(F)c(-c2nc3n(c2-c2ccc4ncccc4c2)CCC3)cc1F. The number of fused-ring (bicyclic) bond motifs is 2. The first-order valence-electron chi connectivity index (χ1n) is 9.02. The normalized spacial score (nSPS) is 13.3. The van der Waals surface area contributed by atoms with Crippen LogP contribution in [0, 0.1) is 18.6 Å². The molecule has 0 unspecified atom stereocenters. The van der Waals surface area contributed by atoms with E-state index in [1.54, 1.807) is 13.1 Å². The predicted octanol–water partition coefficient (Wildman–Crippen LogP) is 5.30. The van der Waals surface area contributed by atoms with Gasteiger partial charge < -0.3 is 4.57 Å². The Morgan fingerprint density at radius 3 is 2.81 bits per heavy atom. The fourth-order valence-corrected chi connectivity index (χ4v) is 3.86. The maximum absolute atomic E-state index is 14.7. The molecule has 5 heteroatoms. The third-order valence-corrected chi connectivity index (χ3v) is 5.21. The zero-order valence-electron chi connectivity index (χ0n) is 14.8. The van der Waals surface area contributed by atoms with Crippen LogP contribution in [0.3, 0.4) is 0 Å². The van der Waals surface area contributed by atoms with Gasteiger partial charge in [-0.25, -0.2) is 13.8 Å². The molecule has 27 heavy (non-hydrogen) atoms. The molecule has 0 saturated carbocycles. The lowest BCUT2D eigenvalue weighted by molar-refractivity contribution is 0.595. The molecule has 0 aliphatic carbocycles. The third-order valence-electron chi connectivity index (χ3n) is 5.21. The van der Waals surface area contributed by atoms with Crippen LogP contribution in [0.5, 0.6) is 0 Å². The Bertz CT molecular complexity index is 1190. The quantitative estimate of drug-likeness (QED) is 0.485. The van der Waals surface area contributed by atoms with Crippen molar-refractivity contribution in [3.8, 4) is 22.5 Å². The molecule has 0 amide bonds. The number of aryl methyl sites for hydroxylation is 2. The molecule has 0 saturated heterocycles. The van der Waals surface area contributed by atoms with Crippen molar-refractivity contribution in [1.82, 2.24) is 14.5 Å². The highest BCUT2D eigenvalue weighted by Gasteiger charge is 2.25. The van der Waals surface area contributed by atoms with Gasteiger partial charge >= 0.3 is 0 Å². The second-order valence-corrected chi connectivity index (χ2v) is 6.97. The van der Waals surface area contributed by atoms with Crippen molar-refractivity contribution in [2.75, 3.05) is 0 Å². The van der Waals surface area contributed by atoms with E-state index in [4.69, 9.17) is 0 Å². The minimum Gasteiger partial charge on any atom is -0.327 e. The van der Waals surface area contributed by atoms with E-state index in [9.17, 15) is 8.78 Å². The van der Waals surface area contributed by atoms with Crippen molar-refractivity contribution in [1.29, 1.82) is 0 Å². The Hall–Kier alpha value is -3.08. The summed E-state index contributed by atoms with van der Waals surface area (Å²) >= 11 is 0. The largest absolute Gasteiger partial charge is 0.327 e. The first kappa shape index (κ1) is 16.1. The minimum absolute atomic E-state index is 0.210. The summed E-state index contributed by atoms with van der Waals surface area (Å²) in [5.41, 5.74) is 3.69. The van der Waals surface area contributed by atoms with Crippen molar-refractivity contribution in [3.63, 3.8) is 0 Å². The van der Waals surface area contributed by atoms with Gasteiger partial charge in [0.05, 0.1) is 16.9 Å². The first-order chi connectivity index (χ1) is 13.1. The van der Waals surface area contributed by atoms with Crippen molar-refractivity contribution in [2.24, 2.45) is 0 Å². The summed E-state index contributed by atoms with van der Waals surface area (Å²) in [5, 5.41) is 1.00. The molecule has 1 aliphatic rings. The van der Waals surface area contributed by atoms with Crippen molar-refractivity contribution >= 4 is 10.9 Å². The number of aromatic nitrogens is 3. The summed E-state index contributed by atoms with van der Waals surface area (Å²) in [6.45, 7) is 2.39. The van der Waals surface area contributed by atoms with E-state index in [1.807, 2.05) is 30.3 Å². The van der Waals surface area contributed by atoms with E-state index < -0.39 is 11.6 Å². The second kappa shape index (κ2) is 5.98. The standard InChI is InChI=1S/C22H17F2N3/c1-13-10-18(24)16(12-17(13)23)21-22(27-9-3-5-20(27)26-21)15-6-7-19-14(11-15)4-2-8-25-19/h2,4,6-8,10-12H,3,5,9H2,1H3. The van der Waals surface area contributed by atoms with Crippen LogP contribution in [-0.4, -0.2) is 14.5 Å². The van der Waals surface area contributed by atoms with E-state index in [2.05, 4.69) is 14.5 Å². The average Bonchev–Trinajstić information content (AvgIpc) is 3.25. The highest BCUT2D eigenvalue weighted by atomic mass is 19.1. The van der Waals surface area contributed by atoms with Gasteiger partial charge in [0.25, 0.3) is 0 Å². The lowest BCUT2D eigenvalue weighted by atomic mass is 10.0. The van der Waals surface area contributed by atoms with Crippen LogP contribution in [-0.2, 0) is 13.0 Å². The number of hydrogen-bond donors (Lipinski definition) is 0. The Morgan fingerprint density at radius 1 is 1.04 bits per heavy atom.